The average Bonchev–Trinajstić information content (AvgIpc) is 2.65. The van der Waals surface area contributed by atoms with E-state index in [1.165, 1.54) is 36.5 Å². The van der Waals surface area contributed by atoms with Gasteiger partial charge in [-0.2, -0.15) is 0 Å². The molecule has 144 valence electrons. The minimum absolute atomic E-state index is 0.0442. The van der Waals surface area contributed by atoms with Gasteiger partial charge in [0.25, 0.3) is 5.91 Å². The number of rotatable bonds is 5. The van der Waals surface area contributed by atoms with Crippen molar-refractivity contribution in [2.45, 2.75) is 18.1 Å². The molecule has 1 aromatic heterocycles. The topological polar surface area (TPSA) is 138 Å². The van der Waals surface area contributed by atoms with Gasteiger partial charge in [-0.15, -0.1) is 0 Å². The van der Waals surface area contributed by atoms with Crippen LogP contribution in [0.2, 0.25) is 0 Å². The highest BCUT2D eigenvalue weighted by molar-refractivity contribution is 7.93. The third-order valence-electron chi connectivity index (χ3n) is 4.11. The fourth-order valence-electron chi connectivity index (χ4n) is 2.65. The van der Waals surface area contributed by atoms with Crippen LogP contribution in [0.3, 0.4) is 0 Å². The van der Waals surface area contributed by atoms with Crippen molar-refractivity contribution in [1.82, 2.24) is 4.98 Å². The van der Waals surface area contributed by atoms with Gasteiger partial charge in [-0.25, -0.2) is 13.4 Å². The molecule has 0 aliphatic carbocycles. The molecule has 0 atom stereocenters. The van der Waals surface area contributed by atoms with Gasteiger partial charge in [0.1, 0.15) is 5.82 Å². The third-order valence-corrected chi connectivity index (χ3v) is 5.95. The van der Waals surface area contributed by atoms with Crippen molar-refractivity contribution >= 4 is 27.4 Å². The van der Waals surface area contributed by atoms with Crippen molar-refractivity contribution in [3.05, 3.63) is 42.1 Å². The van der Waals surface area contributed by atoms with E-state index in [4.69, 9.17) is 4.74 Å². The maximum atomic E-state index is 12.4. The molecule has 0 bridgehead atoms. The Kier molecular flexibility index (Phi) is 5.47. The first kappa shape index (κ1) is 18.9. The Balaban J connectivity index is 1.72. The molecular formula is C17H19N3O6S. The molecule has 1 aliphatic rings. The molecular weight excluding hydrogens is 374 g/mol. The number of benzene rings is 1. The Morgan fingerprint density at radius 3 is 2.56 bits per heavy atom. The number of aromatic nitrogens is 1. The van der Waals surface area contributed by atoms with E-state index >= 15 is 0 Å². The van der Waals surface area contributed by atoms with E-state index in [0.29, 0.717) is 26.1 Å². The highest BCUT2D eigenvalue weighted by Gasteiger charge is 2.28. The molecule has 1 fully saturated rings. The molecule has 27 heavy (non-hydrogen) atoms. The number of amides is 1. The summed E-state index contributed by atoms with van der Waals surface area (Å²) in [6.07, 6.45) is 2.13. The van der Waals surface area contributed by atoms with Crippen LogP contribution in [0.4, 0.5) is 11.5 Å². The molecule has 1 aromatic carbocycles. The van der Waals surface area contributed by atoms with Crippen molar-refractivity contribution in [3.63, 3.8) is 0 Å². The Bertz CT molecular complexity index is 941. The molecule has 0 saturated carbocycles. The number of aromatic hydroxyl groups is 2. The molecule has 9 nitrogen and oxygen atoms in total. The van der Waals surface area contributed by atoms with Crippen LogP contribution >= 0.6 is 0 Å². The van der Waals surface area contributed by atoms with Gasteiger partial charge in [-0.1, -0.05) is 0 Å². The second kappa shape index (κ2) is 7.80. The Hall–Kier alpha value is -2.85. The number of nitrogens with one attached hydrogen (secondary N) is 2. The quantitative estimate of drug-likeness (QED) is 0.448. The molecule has 4 N–H and O–H groups in total. The predicted molar refractivity (Wildman–Crippen MR) is 98.3 cm³/mol. The van der Waals surface area contributed by atoms with Crippen LogP contribution in [-0.4, -0.2) is 48.0 Å². The first-order valence-corrected chi connectivity index (χ1v) is 9.78. The van der Waals surface area contributed by atoms with Crippen LogP contribution in [0.5, 0.6) is 11.5 Å². The van der Waals surface area contributed by atoms with Crippen molar-refractivity contribution in [1.29, 1.82) is 0 Å². The minimum Gasteiger partial charge on any atom is -0.504 e. The summed E-state index contributed by atoms with van der Waals surface area (Å²) in [6, 6.07) is 6.62. The highest BCUT2D eigenvalue weighted by Crippen LogP contribution is 2.27. The van der Waals surface area contributed by atoms with Gasteiger partial charge in [0, 0.05) is 36.7 Å². The third kappa shape index (κ3) is 4.66. The molecule has 1 aliphatic heterocycles. The van der Waals surface area contributed by atoms with Crippen LogP contribution in [0.15, 0.2) is 36.5 Å². The first-order chi connectivity index (χ1) is 12.8. The number of phenols is 2. The van der Waals surface area contributed by atoms with E-state index in [1.54, 1.807) is 0 Å². The molecule has 3 rings (SSSR count). The number of sulfonamides is 1. The number of anilines is 2. The number of hydrogen-bond donors (Lipinski definition) is 4. The number of pyridine rings is 1. The summed E-state index contributed by atoms with van der Waals surface area (Å²) in [7, 11) is -3.63. The second-order valence-corrected chi connectivity index (χ2v) is 8.01. The monoisotopic (exact) mass is 393 g/mol. The molecule has 2 heterocycles. The lowest BCUT2D eigenvalue weighted by Gasteiger charge is -2.22. The summed E-state index contributed by atoms with van der Waals surface area (Å²) < 4.78 is 32.5. The maximum Gasteiger partial charge on any atom is 0.255 e. The Labute approximate surface area is 156 Å². The van der Waals surface area contributed by atoms with Gasteiger partial charge in [0.2, 0.25) is 10.0 Å². The number of ether oxygens (including phenoxy) is 1. The summed E-state index contributed by atoms with van der Waals surface area (Å²) in [5, 5.41) is 20.8. The van der Waals surface area contributed by atoms with Gasteiger partial charge in [0.05, 0.1) is 5.25 Å². The average molecular weight is 393 g/mol. The fourth-order valence-corrected chi connectivity index (χ4v) is 4.03. The Morgan fingerprint density at radius 1 is 1.11 bits per heavy atom. The SMILES string of the molecule is O=C(Nc1ccc(O)c(O)c1)c1ccnc(NS(=O)(=O)C2CCOCC2)c1. The Morgan fingerprint density at radius 2 is 1.85 bits per heavy atom. The van der Waals surface area contributed by atoms with Gasteiger partial charge in [0.15, 0.2) is 11.5 Å². The number of carbonyl (C=O) groups is 1. The van der Waals surface area contributed by atoms with Crippen molar-refractivity contribution in [3.8, 4) is 11.5 Å². The van der Waals surface area contributed by atoms with E-state index in [-0.39, 0.29) is 28.6 Å². The smallest absolute Gasteiger partial charge is 0.255 e. The molecule has 0 unspecified atom stereocenters. The van der Waals surface area contributed by atoms with Gasteiger partial charge >= 0.3 is 0 Å². The summed E-state index contributed by atoms with van der Waals surface area (Å²) >= 11 is 0. The lowest BCUT2D eigenvalue weighted by molar-refractivity contribution is 0.0984. The summed E-state index contributed by atoms with van der Waals surface area (Å²) in [5.74, 6) is -1.15. The standard InChI is InChI=1S/C17H19N3O6S/c21-14-2-1-12(10-15(14)22)19-17(23)11-3-6-18-16(9-11)20-27(24,25)13-4-7-26-8-5-13/h1-3,6,9-10,13,21-22H,4-5,7-8H2,(H,18,20)(H,19,23). The van der Waals surface area contributed by atoms with Crippen LogP contribution in [0.1, 0.15) is 23.2 Å². The van der Waals surface area contributed by atoms with Crippen molar-refractivity contribution in [2.24, 2.45) is 0 Å². The largest absolute Gasteiger partial charge is 0.504 e. The molecule has 2 aromatic rings. The van der Waals surface area contributed by atoms with Crippen molar-refractivity contribution in [2.75, 3.05) is 23.3 Å². The van der Waals surface area contributed by atoms with E-state index in [0.717, 1.165) is 0 Å². The molecule has 1 amide bonds. The van der Waals surface area contributed by atoms with Crippen LogP contribution in [0.25, 0.3) is 0 Å². The lowest BCUT2D eigenvalue weighted by atomic mass is 10.2. The maximum absolute atomic E-state index is 12.4. The molecule has 10 heteroatoms. The van der Waals surface area contributed by atoms with Gasteiger partial charge < -0.3 is 20.3 Å². The van der Waals surface area contributed by atoms with E-state index < -0.39 is 21.2 Å². The molecule has 0 radical (unpaired) electrons. The minimum atomic E-state index is -3.63. The highest BCUT2D eigenvalue weighted by atomic mass is 32.2. The van der Waals surface area contributed by atoms with E-state index in [2.05, 4.69) is 15.0 Å². The van der Waals surface area contributed by atoms with E-state index in [1.807, 2.05) is 0 Å². The van der Waals surface area contributed by atoms with Crippen LogP contribution in [-0.2, 0) is 14.8 Å². The summed E-state index contributed by atoms with van der Waals surface area (Å²) in [4.78, 5) is 16.3. The second-order valence-electron chi connectivity index (χ2n) is 6.05. The number of nitrogens with zero attached hydrogens (tertiary/aromatic N) is 1. The zero-order valence-electron chi connectivity index (χ0n) is 14.3. The van der Waals surface area contributed by atoms with Crippen LogP contribution in [0, 0.1) is 0 Å². The zero-order valence-corrected chi connectivity index (χ0v) is 15.1. The molecule has 0 spiro atoms. The van der Waals surface area contributed by atoms with Crippen molar-refractivity contribution < 1.29 is 28.2 Å². The van der Waals surface area contributed by atoms with Gasteiger partial charge in [-0.3, -0.25) is 9.52 Å². The predicted octanol–water partition coefficient (Wildman–Crippen LogP) is 1.67. The number of phenolic OH excluding ortho intramolecular Hbond substituents is 2. The number of carbonyl (C=O) groups excluding carboxylic acids is 1. The number of hydrogen-bond acceptors (Lipinski definition) is 7. The lowest BCUT2D eigenvalue weighted by Crippen LogP contribution is -2.33. The van der Waals surface area contributed by atoms with Crippen LogP contribution < -0.4 is 10.0 Å². The van der Waals surface area contributed by atoms with E-state index in [9.17, 15) is 23.4 Å². The molecule has 1 saturated heterocycles. The van der Waals surface area contributed by atoms with Gasteiger partial charge in [-0.05, 0) is 37.1 Å². The fraction of sp³-hybridized carbons (Fsp3) is 0.294. The first-order valence-electron chi connectivity index (χ1n) is 8.24. The zero-order chi connectivity index (χ0) is 19.4. The summed E-state index contributed by atoms with van der Waals surface area (Å²) in [5.41, 5.74) is 0.457. The normalized spacial score (nSPS) is 15.3. The summed E-state index contributed by atoms with van der Waals surface area (Å²) in [6.45, 7) is 0.780.